The van der Waals surface area contributed by atoms with Crippen LogP contribution in [0, 0.1) is 5.92 Å². The molecule has 13 heavy (non-hydrogen) atoms. The fourth-order valence-electron chi connectivity index (χ4n) is 1.02. The van der Waals surface area contributed by atoms with Gasteiger partial charge in [-0.1, -0.05) is 6.58 Å². The van der Waals surface area contributed by atoms with Gasteiger partial charge in [-0.25, -0.2) is 9.59 Å². The third-order valence-corrected chi connectivity index (χ3v) is 1.74. The van der Waals surface area contributed by atoms with Crippen molar-refractivity contribution in [1.82, 2.24) is 0 Å². The molecule has 72 valence electrons. The van der Waals surface area contributed by atoms with Crippen LogP contribution in [0.3, 0.4) is 0 Å². The molecule has 0 radical (unpaired) electrons. The zero-order chi connectivity index (χ0) is 9.84. The summed E-state index contributed by atoms with van der Waals surface area (Å²) in [6, 6.07) is 0. The summed E-state index contributed by atoms with van der Waals surface area (Å²) in [5.74, 6) is -1.77. The molecule has 0 amide bonds. The Hall–Kier alpha value is -1.36. The SMILES string of the molecule is C=CC(=O)OC1C(=O)OCC1CO. The van der Waals surface area contributed by atoms with Gasteiger partial charge in [0, 0.05) is 6.08 Å². The van der Waals surface area contributed by atoms with Crippen LogP contribution in [0.1, 0.15) is 0 Å². The summed E-state index contributed by atoms with van der Waals surface area (Å²) in [5.41, 5.74) is 0. The number of ether oxygens (including phenoxy) is 2. The van der Waals surface area contributed by atoms with E-state index in [1.165, 1.54) is 0 Å². The molecule has 0 aromatic rings. The molecule has 1 aliphatic rings. The maximum absolute atomic E-state index is 11.0. The summed E-state index contributed by atoms with van der Waals surface area (Å²) in [4.78, 5) is 21.7. The minimum Gasteiger partial charge on any atom is -0.462 e. The van der Waals surface area contributed by atoms with Crippen molar-refractivity contribution in [3.8, 4) is 0 Å². The molecular formula is C8H10O5. The second kappa shape index (κ2) is 4.04. The lowest BCUT2D eigenvalue weighted by Crippen LogP contribution is -2.30. The first kappa shape index (κ1) is 9.73. The Labute approximate surface area is 74.9 Å². The Kier molecular flexibility index (Phi) is 3.02. The first-order valence-corrected chi connectivity index (χ1v) is 3.79. The zero-order valence-corrected chi connectivity index (χ0v) is 6.93. The van der Waals surface area contributed by atoms with Crippen molar-refractivity contribution in [2.45, 2.75) is 6.10 Å². The number of aliphatic hydroxyl groups is 1. The fraction of sp³-hybridized carbons (Fsp3) is 0.500. The van der Waals surface area contributed by atoms with Gasteiger partial charge < -0.3 is 14.6 Å². The third kappa shape index (κ3) is 2.06. The maximum atomic E-state index is 11.0. The average Bonchev–Trinajstić information content (AvgIpc) is 2.48. The van der Waals surface area contributed by atoms with Crippen LogP contribution in [0.5, 0.6) is 0 Å². The minimum absolute atomic E-state index is 0.0877. The highest BCUT2D eigenvalue weighted by atomic mass is 16.6. The molecule has 2 atom stereocenters. The molecule has 0 spiro atoms. The van der Waals surface area contributed by atoms with Crippen LogP contribution in [0.2, 0.25) is 0 Å². The lowest BCUT2D eigenvalue weighted by Gasteiger charge is -2.11. The number of cyclic esters (lactones) is 1. The smallest absolute Gasteiger partial charge is 0.348 e. The third-order valence-electron chi connectivity index (χ3n) is 1.74. The van der Waals surface area contributed by atoms with Gasteiger partial charge in [-0.3, -0.25) is 0 Å². The predicted molar refractivity (Wildman–Crippen MR) is 41.6 cm³/mol. The van der Waals surface area contributed by atoms with Crippen molar-refractivity contribution in [3.63, 3.8) is 0 Å². The van der Waals surface area contributed by atoms with Gasteiger partial charge in [0.2, 0.25) is 6.10 Å². The van der Waals surface area contributed by atoms with E-state index in [0.717, 1.165) is 6.08 Å². The molecule has 0 aromatic heterocycles. The Morgan fingerprint density at radius 3 is 3.08 bits per heavy atom. The maximum Gasteiger partial charge on any atom is 0.348 e. The van der Waals surface area contributed by atoms with Crippen LogP contribution in [-0.2, 0) is 19.1 Å². The number of hydrogen-bond donors (Lipinski definition) is 1. The van der Waals surface area contributed by atoms with Crippen molar-refractivity contribution in [3.05, 3.63) is 12.7 Å². The van der Waals surface area contributed by atoms with Crippen molar-refractivity contribution in [1.29, 1.82) is 0 Å². The Balaban J connectivity index is 2.59. The lowest BCUT2D eigenvalue weighted by molar-refractivity contribution is -0.158. The van der Waals surface area contributed by atoms with Crippen molar-refractivity contribution >= 4 is 11.9 Å². The average molecular weight is 186 g/mol. The summed E-state index contributed by atoms with van der Waals surface area (Å²) in [6.07, 6.45) is -0.0319. The largest absolute Gasteiger partial charge is 0.462 e. The van der Waals surface area contributed by atoms with Crippen LogP contribution in [0.4, 0.5) is 0 Å². The van der Waals surface area contributed by atoms with E-state index in [-0.39, 0.29) is 13.2 Å². The molecule has 5 nitrogen and oxygen atoms in total. The normalized spacial score (nSPS) is 26.7. The van der Waals surface area contributed by atoms with Gasteiger partial charge in [0.05, 0.1) is 12.5 Å². The molecule has 0 saturated carbocycles. The highest BCUT2D eigenvalue weighted by molar-refractivity contribution is 5.86. The van der Waals surface area contributed by atoms with E-state index in [4.69, 9.17) is 5.11 Å². The van der Waals surface area contributed by atoms with Crippen LogP contribution in [-0.4, -0.2) is 36.4 Å². The summed E-state index contributed by atoms with van der Waals surface area (Å²) in [5, 5.41) is 8.79. The topological polar surface area (TPSA) is 72.8 Å². The quantitative estimate of drug-likeness (QED) is 0.463. The van der Waals surface area contributed by atoms with Crippen LogP contribution >= 0.6 is 0 Å². The number of rotatable bonds is 3. The molecule has 1 heterocycles. The number of carbonyl (C=O) groups is 2. The monoisotopic (exact) mass is 186 g/mol. The van der Waals surface area contributed by atoms with Crippen LogP contribution in [0.15, 0.2) is 12.7 Å². The van der Waals surface area contributed by atoms with Gasteiger partial charge in [-0.15, -0.1) is 0 Å². The number of carbonyl (C=O) groups excluding carboxylic acids is 2. The van der Waals surface area contributed by atoms with Gasteiger partial charge in [-0.2, -0.15) is 0 Å². The summed E-state index contributed by atoms with van der Waals surface area (Å²) < 4.78 is 9.29. The number of aliphatic hydroxyl groups excluding tert-OH is 1. The van der Waals surface area contributed by atoms with E-state index in [0.29, 0.717) is 0 Å². The molecule has 1 saturated heterocycles. The van der Waals surface area contributed by atoms with Crippen molar-refractivity contribution in [2.24, 2.45) is 5.92 Å². The van der Waals surface area contributed by atoms with Gasteiger partial charge in [-0.05, 0) is 0 Å². The lowest BCUT2D eigenvalue weighted by atomic mass is 10.1. The van der Waals surface area contributed by atoms with Crippen LogP contribution in [0.25, 0.3) is 0 Å². The highest BCUT2D eigenvalue weighted by Gasteiger charge is 2.39. The number of hydrogen-bond acceptors (Lipinski definition) is 5. The first-order chi connectivity index (χ1) is 6.19. The van der Waals surface area contributed by atoms with E-state index >= 15 is 0 Å². The molecule has 0 bridgehead atoms. The molecule has 0 aliphatic carbocycles. The predicted octanol–water partition coefficient (Wildman–Crippen LogP) is -0.751. The first-order valence-electron chi connectivity index (χ1n) is 3.79. The van der Waals surface area contributed by atoms with Crippen molar-refractivity contribution < 1.29 is 24.2 Å². The Bertz CT molecular complexity index is 235. The standard InChI is InChI=1S/C8H10O5/c1-2-6(10)13-7-5(3-9)4-12-8(7)11/h2,5,7,9H,1,3-4H2. The molecule has 1 N–H and O–H groups in total. The van der Waals surface area contributed by atoms with E-state index in [2.05, 4.69) is 16.1 Å². The van der Waals surface area contributed by atoms with Gasteiger partial charge >= 0.3 is 11.9 Å². The van der Waals surface area contributed by atoms with Gasteiger partial charge in [0.15, 0.2) is 0 Å². The summed E-state index contributed by atoms with van der Waals surface area (Å²) in [7, 11) is 0. The van der Waals surface area contributed by atoms with Gasteiger partial charge in [0.25, 0.3) is 0 Å². The van der Waals surface area contributed by atoms with E-state index in [9.17, 15) is 9.59 Å². The molecule has 1 aliphatic heterocycles. The second-order valence-corrected chi connectivity index (χ2v) is 2.63. The molecular weight excluding hydrogens is 176 g/mol. The Morgan fingerprint density at radius 1 is 1.85 bits per heavy atom. The molecule has 5 heteroatoms. The summed E-state index contributed by atoms with van der Waals surface area (Å²) in [6.45, 7) is 3.03. The fourth-order valence-corrected chi connectivity index (χ4v) is 1.02. The Morgan fingerprint density at radius 2 is 2.54 bits per heavy atom. The highest BCUT2D eigenvalue weighted by Crippen LogP contribution is 2.17. The zero-order valence-electron chi connectivity index (χ0n) is 6.93. The number of esters is 2. The second-order valence-electron chi connectivity index (χ2n) is 2.63. The van der Waals surface area contributed by atoms with Gasteiger partial charge in [0.1, 0.15) is 6.61 Å². The van der Waals surface area contributed by atoms with E-state index in [1.54, 1.807) is 0 Å². The molecule has 0 aromatic carbocycles. The molecule has 1 fully saturated rings. The minimum atomic E-state index is -0.990. The summed E-state index contributed by atoms with van der Waals surface area (Å²) >= 11 is 0. The van der Waals surface area contributed by atoms with E-state index < -0.39 is 24.0 Å². The van der Waals surface area contributed by atoms with Crippen molar-refractivity contribution in [2.75, 3.05) is 13.2 Å². The molecule has 2 unspecified atom stereocenters. The van der Waals surface area contributed by atoms with Crippen LogP contribution < -0.4 is 0 Å². The van der Waals surface area contributed by atoms with E-state index in [1.807, 2.05) is 0 Å². The molecule has 1 rings (SSSR count).